The van der Waals surface area contributed by atoms with Gasteiger partial charge in [0, 0.05) is 5.69 Å². The molecule has 1 aromatic carbocycles. The highest BCUT2D eigenvalue weighted by Gasteiger charge is 2.50. The van der Waals surface area contributed by atoms with Crippen LogP contribution in [0.4, 0.5) is 18.9 Å². The average Bonchev–Trinajstić information content (AvgIpc) is 2.20. The molecule has 1 atom stereocenters. The van der Waals surface area contributed by atoms with E-state index in [0.29, 0.717) is 12.6 Å². The van der Waals surface area contributed by atoms with Crippen molar-refractivity contribution in [3.63, 3.8) is 0 Å². The molecule has 0 spiro atoms. The average molecular weight is 235 g/mol. The Kier molecular flexibility index (Phi) is 4.81. The van der Waals surface area contributed by atoms with Crippen LogP contribution in [-0.2, 0) is 5.60 Å². The van der Waals surface area contributed by atoms with E-state index < -0.39 is 11.8 Å². The molecular weight excluding hydrogens is 219 g/mol. The van der Waals surface area contributed by atoms with E-state index in [9.17, 15) is 18.3 Å². The van der Waals surface area contributed by atoms with E-state index in [1.165, 1.54) is 12.1 Å². The molecule has 92 valence electrons. The second-order valence-corrected chi connectivity index (χ2v) is 3.19. The molecule has 16 heavy (non-hydrogen) atoms. The number of anilines is 1. The first-order valence-corrected chi connectivity index (χ1v) is 4.90. The summed E-state index contributed by atoms with van der Waals surface area (Å²) in [6.07, 6.45) is -4.69. The van der Waals surface area contributed by atoms with E-state index in [1.54, 1.807) is 0 Å². The van der Waals surface area contributed by atoms with Crippen LogP contribution in [0.3, 0.4) is 0 Å². The highest BCUT2D eigenvalue weighted by atomic mass is 19.4. The number of rotatable bonds is 1. The molecule has 0 fully saturated rings. The number of alkyl halides is 3. The molecule has 3 N–H and O–H groups in total. The summed E-state index contributed by atoms with van der Waals surface area (Å²) in [6, 6.07) is 4.94. The summed E-state index contributed by atoms with van der Waals surface area (Å²) in [4.78, 5) is 0. The second-order valence-electron chi connectivity index (χ2n) is 3.19. The predicted octanol–water partition coefficient (Wildman–Crippen LogP) is 3.06. The second kappa shape index (κ2) is 5.21. The Morgan fingerprint density at radius 2 is 1.44 bits per heavy atom. The minimum atomic E-state index is -4.69. The topological polar surface area (TPSA) is 46.2 Å². The number of nitrogen functional groups attached to an aromatic ring is 1. The Morgan fingerprint density at radius 3 is 1.75 bits per heavy atom. The van der Waals surface area contributed by atoms with Crippen LogP contribution in [0.15, 0.2) is 24.3 Å². The third kappa shape index (κ3) is 3.13. The number of hydrogen-bond acceptors (Lipinski definition) is 2. The molecule has 0 amide bonds. The maximum atomic E-state index is 12.3. The molecule has 0 radical (unpaired) electrons. The Labute approximate surface area is 92.9 Å². The van der Waals surface area contributed by atoms with Crippen molar-refractivity contribution < 1.29 is 18.3 Å². The zero-order chi connectivity index (χ0) is 13.0. The molecular formula is C11H16F3NO. The molecule has 1 unspecified atom stereocenters. The van der Waals surface area contributed by atoms with Crippen LogP contribution in [0, 0.1) is 0 Å². The summed E-state index contributed by atoms with van der Waals surface area (Å²) >= 11 is 0. The summed E-state index contributed by atoms with van der Waals surface area (Å²) in [5.74, 6) is 0. The van der Waals surface area contributed by atoms with Gasteiger partial charge in [0.2, 0.25) is 0 Å². The fourth-order valence-electron chi connectivity index (χ4n) is 0.971. The lowest BCUT2D eigenvalue weighted by Gasteiger charge is -2.26. The quantitative estimate of drug-likeness (QED) is 0.735. The van der Waals surface area contributed by atoms with Crippen LogP contribution in [0.5, 0.6) is 0 Å². The fourth-order valence-corrected chi connectivity index (χ4v) is 0.971. The van der Waals surface area contributed by atoms with Gasteiger partial charge in [0.15, 0.2) is 5.60 Å². The Balaban J connectivity index is 0.00000106. The summed E-state index contributed by atoms with van der Waals surface area (Å²) in [6.45, 7) is 4.71. The predicted molar refractivity (Wildman–Crippen MR) is 57.8 cm³/mol. The summed E-state index contributed by atoms with van der Waals surface area (Å²) in [5, 5.41) is 9.25. The van der Waals surface area contributed by atoms with E-state index in [-0.39, 0.29) is 5.56 Å². The maximum absolute atomic E-state index is 12.3. The molecule has 0 aliphatic carbocycles. The van der Waals surface area contributed by atoms with Crippen LogP contribution in [0.25, 0.3) is 0 Å². The zero-order valence-corrected chi connectivity index (χ0v) is 9.47. The summed E-state index contributed by atoms with van der Waals surface area (Å²) in [5.41, 5.74) is 2.61. The van der Waals surface area contributed by atoms with E-state index >= 15 is 0 Å². The van der Waals surface area contributed by atoms with Crippen molar-refractivity contribution in [2.24, 2.45) is 0 Å². The van der Waals surface area contributed by atoms with Crippen molar-refractivity contribution in [2.75, 3.05) is 5.73 Å². The molecule has 0 saturated heterocycles. The fraction of sp³-hybridized carbons (Fsp3) is 0.455. The van der Waals surface area contributed by atoms with Gasteiger partial charge in [-0.05, 0) is 24.6 Å². The van der Waals surface area contributed by atoms with Crippen molar-refractivity contribution in [3.05, 3.63) is 29.8 Å². The van der Waals surface area contributed by atoms with Crippen LogP contribution >= 0.6 is 0 Å². The first kappa shape index (κ1) is 14.8. The number of halogens is 3. The van der Waals surface area contributed by atoms with Gasteiger partial charge in [-0.3, -0.25) is 0 Å². The minimum absolute atomic E-state index is 0.223. The lowest BCUT2D eigenvalue weighted by molar-refractivity contribution is -0.258. The van der Waals surface area contributed by atoms with Crippen molar-refractivity contribution in [1.82, 2.24) is 0 Å². The Hall–Kier alpha value is -1.23. The van der Waals surface area contributed by atoms with Gasteiger partial charge in [-0.1, -0.05) is 26.0 Å². The molecule has 0 saturated carbocycles. The molecule has 0 aliphatic heterocycles. The van der Waals surface area contributed by atoms with Gasteiger partial charge in [-0.2, -0.15) is 13.2 Å². The molecule has 1 aromatic rings. The van der Waals surface area contributed by atoms with Gasteiger partial charge in [0.1, 0.15) is 0 Å². The van der Waals surface area contributed by atoms with E-state index in [1.807, 2.05) is 13.8 Å². The van der Waals surface area contributed by atoms with E-state index in [2.05, 4.69) is 0 Å². The first-order chi connectivity index (χ1) is 7.25. The van der Waals surface area contributed by atoms with Crippen LogP contribution < -0.4 is 5.73 Å². The Morgan fingerprint density at radius 1 is 1.06 bits per heavy atom. The lowest BCUT2D eigenvalue weighted by Crippen LogP contribution is -2.39. The van der Waals surface area contributed by atoms with Gasteiger partial charge in [0.25, 0.3) is 0 Å². The lowest BCUT2D eigenvalue weighted by atomic mass is 9.95. The zero-order valence-electron chi connectivity index (χ0n) is 9.47. The van der Waals surface area contributed by atoms with Gasteiger partial charge in [-0.25, -0.2) is 0 Å². The minimum Gasteiger partial charge on any atom is -0.399 e. The molecule has 5 heteroatoms. The molecule has 2 nitrogen and oxygen atoms in total. The van der Waals surface area contributed by atoms with Gasteiger partial charge < -0.3 is 10.8 Å². The van der Waals surface area contributed by atoms with Gasteiger partial charge >= 0.3 is 6.18 Å². The molecule has 1 rings (SSSR count). The first-order valence-electron chi connectivity index (χ1n) is 4.90. The SMILES string of the molecule is CC.CC(O)(c1ccc(N)cc1)C(F)(F)F. The van der Waals surface area contributed by atoms with E-state index in [4.69, 9.17) is 5.73 Å². The van der Waals surface area contributed by atoms with Crippen molar-refractivity contribution >= 4 is 5.69 Å². The van der Waals surface area contributed by atoms with Crippen molar-refractivity contribution in [1.29, 1.82) is 0 Å². The van der Waals surface area contributed by atoms with Crippen molar-refractivity contribution in [2.45, 2.75) is 32.5 Å². The third-order valence-corrected chi connectivity index (χ3v) is 2.02. The molecule has 0 heterocycles. The highest BCUT2D eigenvalue weighted by Crippen LogP contribution is 2.38. The summed E-state index contributed by atoms with van der Waals surface area (Å²) in [7, 11) is 0. The molecule has 0 aliphatic rings. The van der Waals surface area contributed by atoms with Gasteiger partial charge in [-0.15, -0.1) is 0 Å². The summed E-state index contributed by atoms with van der Waals surface area (Å²) < 4.78 is 37.0. The smallest absolute Gasteiger partial charge is 0.399 e. The number of nitrogens with two attached hydrogens (primary N) is 1. The number of aliphatic hydroxyl groups is 1. The standard InChI is InChI=1S/C9H10F3NO.C2H6/c1-8(14,9(10,11)12)6-2-4-7(13)5-3-6;1-2/h2-5,14H,13H2,1H3;1-2H3. The maximum Gasteiger partial charge on any atom is 0.421 e. The largest absolute Gasteiger partial charge is 0.421 e. The molecule has 0 bridgehead atoms. The Bertz CT molecular complexity index is 317. The monoisotopic (exact) mass is 235 g/mol. The van der Waals surface area contributed by atoms with Crippen LogP contribution in [-0.4, -0.2) is 11.3 Å². The van der Waals surface area contributed by atoms with Crippen LogP contribution in [0.2, 0.25) is 0 Å². The van der Waals surface area contributed by atoms with Gasteiger partial charge in [0.05, 0.1) is 0 Å². The number of benzene rings is 1. The highest BCUT2D eigenvalue weighted by molar-refractivity contribution is 5.41. The normalized spacial score (nSPS) is 14.7. The van der Waals surface area contributed by atoms with Crippen LogP contribution in [0.1, 0.15) is 26.3 Å². The number of hydrogen-bond donors (Lipinski definition) is 2. The van der Waals surface area contributed by atoms with E-state index in [0.717, 1.165) is 12.1 Å². The molecule has 0 aromatic heterocycles. The van der Waals surface area contributed by atoms with Crippen molar-refractivity contribution in [3.8, 4) is 0 Å². The third-order valence-electron chi connectivity index (χ3n) is 2.02.